The van der Waals surface area contributed by atoms with Crippen LogP contribution in [0.2, 0.25) is 0 Å². The molecule has 0 saturated carbocycles. The molecule has 0 aromatic rings. The first-order chi connectivity index (χ1) is 9.10. The highest BCUT2D eigenvalue weighted by Crippen LogP contribution is 2.19. The van der Waals surface area contributed by atoms with Crippen molar-refractivity contribution >= 4 is 0 Å². The topological polar surface area (TPSA) is 36.9 Å². The predicted octanol–water partition coefficient (Wildman–Crippen LogP) is 2.54. The molecule has 0 radical (unpaired) electrons. The normalized spacial score (nSPS) is 11.8. The Hall–Kier alpha value is -0.630. The van der Waals surface area contributed by atoms with Crippen molar-refractivity contribution in [3.63, 3.8) is 0 Å². The SMILES string of the molecule is C=C(C)CCOC(OCCF)(OCCF)OCCF. The van der Waals surface area contributed by atoms with Crippen LogP contribution < -0.4 is 0 Å². The van der Waals surface area contributed by atoms with Crippen molar-refractivity contribution in [2.75, 3.05) is 46.5 Å². The van der Waals surface area contributed by atoms with Gasteiger partial charge in [-0.05, 0) is 13.3 Å². The molecule has 0 bridgehead atoms. The fourth-order valence-corrected chi connectivity index (χ4v) is 1.09. The van der Waals surface area contributed by atoms with Crippen LogP contribution in [0.1, 0.15) is 13.3 Å². The molecule has 0 saturated heterocycles. The van der Waals surface area contributed by atoms with Crippen molar-refractivity contribution < 1.29 is 32.1 Å². The quantitative estimate of drug-likeness (QED) is 0.385. The second-order valence-corrected chi connectivity index (χ2v) is 3.67. The molecule has 0 aromatic heterocycles. The molecule has 0 amide bonds. The smallest absolute Gasteiger partial charge is 0.303 e. The second-order valence-electron chi connectivity index (χ2n) is 3.67. The summed E-state index contributed by atoms with van der Waals surface area (Å²) < 4.78 is 56.6. The van der Waals surface area contributed by atoms with E-state index >= 15 is 0 Å². The van der Waals surface area contributed by atoms with Crippen LogP contribution in [-0.2, 0) is 18.9 Å². The summed E-state index contributed by atoms with van der Waals surface area (Å²) in [5, 5.41) is 0. The Kier molecular flexibility index (Phi) is 10.8. The molecule has 0 aliphatic heterocycles. The molecule has 0 unspecified atom stereocenters. The highest BCUT2D eigenvalue weighted by molar-refractivity contribution is 4.87. The van der Waals surface area contributed by atoms with Crippen molar-refractivity contribution in [2.45, 2.75) is 19.5 Å². The summed E-state index contributed by atoms with van der Waals surface area (Å²) in [6.07, 6.45) is -1.58. The van der Waals surface area contributed by atoms with Crippen LogP contribution in [0.3, 0.4) is 0 Å². The third-order valence-electron chi connectivity index (χ3n) is 1.88. The molecular formula is C12H21F3O4. The van der Waals surface area contributed by atoms with Crippen LogP contribution in [0, 0.1) is 0 Å². The van der Waals surface area contributed by atoms with Gasteiger partial charge in [0.25, 0.3) is 0 Å². The summed E-state index contributed by atoms with van der Waals surface area (Å²) in [5.74, 6) is 0. The number of hydrogen-bond donors (Lipinski definition) is 0. The van der Waals surface area contributed by atoms with Crippen LogP contribution in [-0.4, -0.2) is 52.6 Å². The van der Waals surface area contributed by atoms with Gasteiger partial charge < -0.3 is 18.9 Å². The molecule has 0 N–H and O–H groups in total. The number of hydrogen-bond acceptors (Lipinski definition) is 4. The third-order valence-corrected chi connectivity index (χ3v) is 1.88. The molecule has 0 aromatic carbocycles. The number of rotatable bonds is 13. The molecular weight excluding hydrogens is 265 g/mol. The van der Waals surface area contributed by atoms with E-state index in [2.05, 4.69) is 6.58 Å². The van der Waals surface area contributed by atoms with E-state index in [1.54, 1.807) is 6.92 Å². The Morgan fingerprint density at radius 3 is 1.53 bits per heavy atom. The lowest BCUT2D eigenvalue weighted by atomic mass is 10.3. The summed E-state index contributed by atoms with van der Waals surface area (Å²) >= 11 is 0. The second kappa shape index (κ2) is 11.2. The van der Waals surface area contributed by atoms with Crippen molar-refractivity contribution in [3.05, 3.63) is 12.2 Å². The molecule has 19 heavy (non-hydrogen) atoms. The van der Waals surface area contributed by atoms with Gasteiger partial charge in [-0.1, -0.05) is 5.57 Å². The van der Waals surface area contributed by atoms with Gasteiger partial charge in [-0.3, -0.25) is 0 Å². The maximum atomic E-state index is 12.2. The molecule has 7 heteroatoms. The van der Waals surface area contributed by atoms with Crippen molar-refractivity contribution in [1.82, 2.24) is 0 Å². The van der Waals surface area contributed by atoms with Crippen molar-refractivity contribution in [2.24, 2.45) is 0 Å². The van der Waals surface area contributed by atoms with Gasteiger partial charge in [0.15, 0.2) is 0 Å². The van der Waals surface area contributed by atoms with Gasteiger partial charge in [0.1, 0.15) is 20.0 Å². The van der Waals surface area contributed by atoms with Crippen LogP contribution >= 0.6 is 0 Å². The van der Waals surface area contributed by atoms with Gasteiger partial charge in [-0.25, -0.2) is 13.2 Å². The minimum atomic E-state index is -2.07. The molecule has 0 heterocycles. The lowest BCUT2D eigenvalue weighted by Crippen LogP contribution is -2.44. The van der Waals surface area contributed by atoms with E-state index in [4.69, 9.17) is 18.9 Å². The van der Waals surface area contributed by atoms with Gasteiger partial charge >= 0.3 is 6.16 Å². The number of ether oxygens (including phenoxy) is 4. The van der Waals surface area contributed by atoms with Gasteiger partial charge in [0.05, 0.1) is 26.4 Å². The van der Waals surface area contributed by atoms with Gasteiger partial charge in [-0.15, -0.1) is 6.58 Å². The summed E-state index contributed by atoms with van der Waals surface area (Å²) in [6, 6.07) is 0. The Labute approximate surface area is 111 Å². The molecule has 0 aliphatic carbocycles. The minimum absolute atomic E-state index is 0.111. The highest BCUT2D eigenvalue weighted by atomic mass is 19.1. The largest absolute Gasteiger partial charge is 0.412 e. The third kappa shape index (κ3) is 8.99. The fourth-order valence-electron chi connectivity index (χ4n) is 1.09. The van der Waals surface area contributed by atoms with Gasteiger partial charge in [0, 0.05) is 0 Å². The summed E-state index contributed by atoms with van der Waals surface area (Å²) in [7, 11) is 0. The average molecular weight is 286 g/mol. The van der Waals surface area contributed by atoms with Gasteiger partial charge in [-0.2, -0.15) is 0 Å². The van der Waals surface area contributed by atoms with Crippen LogP contribution in [0.4, 0.5) is 13.2 Å². The first-order valence-corrected chi connectivity index (χ1v) is 5.98. The zero-order valence-electron chi connectivity index (χ0n) is 11.1. The lowest BCUT2D eigenvalue weighted by Gasteiger charge is -2.31. The summed E-state index contributed by atoms with van der Waals surface area (Å²) in [5.41, 5.74) is 0.843. The fraction of sp³-hybridized carbons (Fsp3) is 0.833. The number of alkyl halides is 3. The highest BCUT2D eigenvalue weighted by Gasteiger charge is 2.35. The zero-order chi connectivity index (χ0) is 14.6. The van der Waals surface area contributed by atoms with Crippen molar-refractivity contribution in [3.8, 4) is 0 Å². The lowest BCUT2D eigenvalue weighted by molar-refractivity contribution is -0.499. The van der Waals surface area contributed by atoms with E-state index in [1.807, 2.05) is 0 Å². The Morgan fingerprint density at radius 2 is 1.21 bits per heavy atom. The first-order valence-electron chi connectivity index (χ1n) is 5.98. The minimum Gasteiger partial charge on any atom is -0.303 e. The summed E-state index contributed by atoms with van der Waals surface area (Å²) in [6.45, 7) is 2.07. The maximum absolute atomic E-state index is 12.2. The van der Waals surface area contributed by atoms with Crippen LogP contribution in [0.15, 0.2) is 12.2 Å². The zero-order valence-corrected chi connectivity index (χ0v) is 11.1. The Bertz CT molecular complexity index is 217. The molecule has 0 atom stereocenters. The molecule has 0 spiro atoms. The standard InChI is InChI=1S/C12H21F3O4/c1-11(2)3-7-16-12(17-8-4-13,18-9-5-14)19-10-6-15/h1,3-10H2,2H3. The van der Waals surface area contributed by atoms with Crippen molar-refractivity contribution in [1.29, 1.82) is 0 Å². The van der Waals surface area contributed by atoms with E-state index < -0.39 is 26.2 Å². The molecule has 0 fully saturated rings. The van der Waals surface area contributed by atoms with E-state index in [0.29, 0.717) is 6.42 Å². The Morgan fingerprint density at radius 1 is 0.842 bits per heavy atom. The van der Waals surface area contributed by atoms with Crippen LogP contribution in [0.5, 0.6) is 0 Å². The molecule has 0 aliphatic rings. The molecule has 4 nitrogen and oxygen atoms in total. The van der Waals surface area contributed by atoms with E-state index in [1.165, 1.54) is 0 Å². The molecule has 0 rings (SSSR count). The predicted molar refractivity (Wildman–Crippen MR) is 63.9 cm³/mol. The summed E-state index contributed by atoms with van der Waals surface area (Å²) in [4.78, 5) is 0. The van der Waals surface area contributed by atoms with E-state index in [0.717, 1.165) is 5.57 Å². The molecule has 114 valence electrons. The number of halogens is 3. The van der Waals surface area contributed by atoms with Crippen LogP contribution in [0.25, 0.3) is 0 Å². The maximum Gasteiger partial charge on any atom is 0.412 e. The monoisotopic (exact) mass is 286 g/mol. The van der Waals surface area contributed by atoms with E-state index in [-0.39, 0.29) is 26.4 Å². The van der Waals surface area contributed by atoms with E-state index in [9.17, 15) is 13.2 Å². The Balaban J connectivity index is 4.51. The first kappa shape index (κ1) is 18.4. The van der Waals surface area contributed by atoms with Gasteiger partial charge in [0.2, 0.25) is 0 Å². The average Bonchev–Trinajstić information content (AvgIpc) is 2.39.